The molecule has 2 heterocycles. The molecule has 0 aliphatic carbocycles. The SMILES string of the molecule is CCNc1nc(-c2ccncc2)nc(CC)c1I. The summed E-state index contributed by atoms with van der Waals surface area (Å²) in [4.78, 5) is 13.2. The Balaban J connectivity index is 2.52. The minimum Gasteiger partial charge on any atom is -0.369 e. The van der Waals surface area contributed by atoms with Gasteiger partial charge in [-0.25, -0.2) is 9.97 Å². The zero-order valence-electron chi connectivity index (χ0n) is 10.4. The van der Waals surface area contributed by atoms with Crippen molar-refractivity contribution in [3.8, 4) is 11.4 Å². The van der Waals surface area contributed by atoms with Crippen molar-refractivity contribution in [2.75, 3.05) is 11.9 Å². The standard InChI is InChI=1S/C13H15IN4/c1-3-10-11(14)13(16-4-2)18-12(17-10)9-5-7-15-8-6-9/h5-8H,3-4H2,1-2H3,(H,16,17,18). The fourth-order valence-corrected chi connectivity index (χ4v) is 2.46. The molecular weight excluding hydrogens is 339 g/mol. The van der Waals surface area contributed by atoms with E-state index in [4.69, 9.17) is 0 Å². The first kappa shape index (κ1) is 13.2. The quantitative estimate of drug-likeness (QED) is 0.858. The van der Waals surface area contributed by atoms with Gasteiger partial charge in [0.2, 0.25) is 0 Å². The van der Waals surface area contributed by atoms with Crippen LogP contribution in [0.5, 0.6) is 0 Å². The van der Waals surface area contributed by atoms with Gasteiger partial charge in [0.25, 0.3) is 0 Å². The van der Waals surface area contributed by atoms with Gasteiger partial charge >= 0.3 is 0 Å². The molecule has 0 aliphatic rings. The molecule has 94 valence electrons. The molecule has 0 fully saturated rings. The van der Waals surface area contributed by atoms with Crippen LogP contribution in [0, 0.1) is 3.57 Å². The highest BCUT2D eigenvalue weighted by atomic mass is 127. The fraction of sp³-hybridized carbons (Fsp3) is 0.308. The Labute approximate surface area is 120 Å². The molecule has 4 nitrogen and oxygen atoms in total. The molecule has 0 spiro atoms. The molecule has 0 amide bonds. The molecule has 18 heavy (non-hydrogen) atoms. The van der Waals surface area contributed by atoms with Gasteiger partial charge in [-0.3, -0.25) is 4.98 Å². The zero-order valence-corrected chi connectivity index (χ0v) is 12.6. The first-order valence-electron chi connectivity index (χ1n) is 5.97. The second kappa shape index (κ2) is 6.08. The third kappa shape index (κ3) is 2.77. The Kier molecular flexibility index (Phi) is 4.46. The van der Waals surface area contributed by atoms with Crippen molar-refractivity contribution in [2.24, 2.45) is 0 Å². The summed E-state index contributed by atoms with van der Waals surface area (Å²) in [7, 11) is 0. The van der Waals surface area contributed by atoms with Crippen LogP contribution in [0.2, 0.25) is 0 Å². The van der Waals surface area contributed by atoms with Crippen LogP contribution in [-0.2, 0) is 6.42 Å². The van der Waals surface area contributed by atoms with Crippen molar-refractivity contribution in [2.45, 2.75) is 20.3 Å². The van der Waals surface area contributed by atoms with E-state index in [0.29, 0.717) is 0 Å². The predicted molar refractivity (Wildman–Crippen MR) is 81.5 cm³/mol. The summed E-state index contributed by atoms with van der Waals surface area (Å²) in [5.74, 6) is 1.67. The number of aryl methyl sites for hydroxylation is 1. The molecule has 0 saturated heterocycles. The highest BCUT2D eigenvalue weighted by Gasteiger charge is 2.11. The van der Waals surface area contributed by atoms with Crippen molar-refractivity contribution >= 4 is 28.4 Å². The van der Waals surface area contributed by atoms with Gasteiger partial charge in [-0.05, 0) is 48.1 Å². The van der Waals surface area contributed by atoms with Gasteiger partial charge in [-0.15, -0.1) is 0 Å². The highest BCUT2D eigenvalue weighted by molar-refractivity contribution is 14.1. The van der Waals surface area contributed by atoms with Gasteiger partial charge in [0.1, 0.15) is 5.82 Å². The van der Waals surface area contributed by atoms with Crippen LogP contribution in [0.3, 0.4) is 0 Å². The van der Waals surface area contributed by atoms with Gasteiger partial charge in [-0.2, -0.15) is 0 Å². The van der Waals surface area contributed by atoms with E-state index in [1.807, 2.05) is 12.1 Å². The van der Waals surface area contributed by atoms with Gasteiger partial charge in [0.05, 0.1) is 9.26 Å². The Bertz CT molecular complexity index is 528. The average molecular weight is 354 g/mol. The zero-order chi connectivity index (χ0) is 13.0. The van der Waals surface area contributed by atoms with Crippen molar-refractivity contribution in [3.05, 3.63) is 33.8 Å². The average Bonchev–Trinajstić information content (AvgIpc) is 2.42. The van der Waals surface area contributed by atoms with E-state index in [9.17, 15) is 0 Å². The van der Waals surface area contributed by atoms with Gasteiger partial charge < -0.3 is 5.32 Å². The number of pyridine rings is 1. The number of nitrogens with one attached hydrogen (secondary N) is 1. The molecule has 0 aromatic carbocycles. The number of hydrogen-bond donors (Lipinski definition) is 1. The summed E-state index contributed by atoms with van der Waals surface area (Å²) in [6, 6.07) is 3.86. The molecule has 2 rings (SSSR count). The second-order valence-corrected chi connectivity index (χ2v) is 4.86. The summed E-state index contributed by atoms with van der Waals surface area (Å²) >= 11 is 2.30. The van der Waals surface area contributed by atoms with Gasteiger partial charge in [0, 0.05) is 24.5 Å². The number of nitrogens with zero attached hydrogens (tertiary/aromatic N) is 3. The summed E-state index contributed by atoms with van der Waals surface area (Å²) in [5.41, 5.74) is 2.07. The minimum absolute atomic E-state index is 0.755. The summed E-state index contributed by atoms with van der Waals surface area (Å²) in [6.07, 6.45) is 4.42. The monoisotopic (exact) mass is 354 g/mol. The maximum absolute atomic E-state index is 4.62. The molecule has 0 saturated carbocycles. The number of hydrogen-bond acceptors (Lipinski definition) is 4. The molecular formula is C13H15IN4. The van der Waals surface area contributed by atoms with E-state index in [0.717, 1.165) is 39.4 Å². The van der Waals surface area contributed by atoms with Crippen LogP contribution in [-0.4, -0.2) is 21.5 Å². The molecule has 0 aliphatic heterocycles. The molecule has 2 aromatic heterocycles. The lowest BCUT2D eigenvalue weighted by atomic mass is 10.2. The third-order valence-corrected chi connectivity index (χ3v) is 3.67. The summed E-state index contributed by atoms with van der Waals surface area (Å²) < 4.78 is 1.11. The van der Waals surface area contributed by atoms with E-state index in [1.54, 1.807) is 12.4 Å². The molecule has 2 aromatic rings. The molecule has 0 radical (unpaired) electrons. The largest absolute Gasteiger partial charge is 0.369 e. The van der Waals surface area contributed by atoms with Gasteiger partial charge in [0.15, 0.2) is 5.82 Å². The first-order valence-corrected chi connectivity index (χ1v) is 7.04. The number of rotatable bonds is 4. The Morgan fingerprint density at radius 3 is 2.50 bits per heavy atom. The van der Waals surface area contributed by atoms with Crippen LogP contribution in [0.25, 0.3) is 11.4 Å². The van der Waals surface area contributed by atoms with Crippen LogP contribution in [0.4, 0.5) is 5.82 Å². The first-order chi connectivity index (χ1) is 8.76. The van der Waals surface area contributed by atoms with Crippen molar-refractivity contribution < 1.29 is 0 Å². The molecule has 0 unspecified atom stereocenters. The normalized spacial score (nSPS) is 10.4. The fourth-order valence-electron chi connectivity index (χ4n) is 1.64. The number of anilines is 1. The lowest BCUT2D eigenvalue weighted by Crippen LogP contribution is -2.07. The molecule has 0 atom stereocenters. The van der Waals surface area contributed by atoms with E-state index >= 15 is 0 Å². The van der Waals surface area contributed by atoms with Crippen molar-refractivity contribution in [1.82, 2.24) is 15.0 Å². The maximum atomic E-state index is 4.62. The van der Waals surface area contributed by atoms with Crippen LogP contribution in [0.15, 0.2) is 24.5 Å². The van der Waals surface area contributed by atoms with E-state index < -0.39 is 0 Å². The van der Waals surface area contributed by atoms with Crippen molar-refractivity contribution in [3.63, 3.8) is 0 Å². The van der Waals surface area contributed by atoms with Gasteiger partial charge in [-0.1, -0.05) is 6.92 Å². The van der Waals surface area contributed by atoms with Crippen molar-refractivity contribution in [1.29, 1.82) is 0 Å². The maximum Gasteiger partial charge on any atom is 0.161 e. The Morgan fingerprint density at radius 1 is 1.17 bits per heavy atom. The second-order valence-electron chi connectivity index (χ2n) is 3.78. The Hall–Kier alpha value is -1.24. The molecule has 5 heteroatoms. The van der Waals surface area contributed by atoms with Crippen LogP contribution in [0.1, 0.15) is 19.5 Å². The number of halogens is 1. The predicted octanol–water partition coefficient (Wildman–Crippen LogP) is 3.14. The third-order valence-electron chi connectivity index (χ3n) is 2.54. The smallest absolute Gasteiger partial charge is 0.161 e. The van der Waals surface area contributed by atoms with Crippen LogP contribution < -0.4 is 5.32 Å². The molecule has 0 bridgehead atoms. The highest BCUT2D eigenvalue weighted by Crippen LogP contribution is 2.23. The van der Waals surface area contributed by atoms with E-state index in [-0.39, 0.29) is 0 Å². The topological polar surface area (TPSA) is 50.7 Å². The minimum atomic E-state index is 0.755. The van der Waals surface area contributed by atoms with E-state index in [2.05, 4.69) is 56.7 Å². The lowest BCUT2D eigenvalue weighted by Gasteiger charge is -2.11. The lowest BCUT2D eigenvalue weighted by molar-refractivity contribution is 0.982. The van der Waals surface area contributed by atoms with Crippen LogP contribution >= 0.6 is 22.6 Å². The summed E-state index contributed by atoms with van der Waals surface area (Å²) in [5, 5.41) is 3.29. The van der Waals surface area contributed by atoms with E-state index in [1.165, 1.54) is 0 Å². The molecule has 1 N–H and O–H groups in total. The number of aromatic nitrogens is 3. The Morgan fingerprint density at radius 2 is 1.89 bits per heavy atom. The summed E-state index contributed by atoms with van der Waals surface area (Å²) in [6.45, 7) is 5.03.